The van der Waals surface area contributed by atoms with Gasteiger partial charge in [0.25, 0.3) is 0 Å². The van der Waals surface area contributed by atoms with Gasteiger partial charge in [-0.05, 0) is 24.6 Å². The summed E-state index contributed by atoms with van der Waals surface area (Å²) in [4.78, 5) is 16.5. The molecule has 2 saturated heterocycles. The molecule has 0 saturated carbocycles. The number of rotatable bonds is 4. The number of urea groups is 1. The molecule has 2 amide bonds. The molecule has 1 aromatic heterocycles. The average Bonchev–Trinajstić information content (AvgIpc) is 3.19. The first kappa shape index (κ1) is 19.7. The topological polar surface area (TPSA) is 82.6 Å². The Kier molecular flexibility index (Phi) is 5.96. The van der Waals surface area contributed by atoms with Gasteiger partial charge in [0.1, 0.15) is 5.82 Å². The molecule has 0 spiro atoms. The van der Waals surface area contributed by atoms with Crippen molar-refractivity contribution in [3.8, 4) is 0 Å². The van der Waals surface area contributed by atoms with E-state index in [-0.39, 0.29) is 16.8 Å². The molecule has 0 aliphatic carbocycles. The van der Waals surface area contributed by atoms with Crippen LogP contribution in [0.4, 0.5) is 26.4 Å². The lowest BCUT2D eigenvalue weighted by Gasteiger charge is -2.29. The van der Waals surface area contributed by atoms with Gasteiger partial charge in [-0.15, -0.1) is 5.10 Å². The second-order valence-corrected chi connectivity index (χ2v) is 7.46. The van der Waals surface area contributed by atoms with E-state index in [1.807, 2.05) is 6.07 Å². The van der Waals surface area contributed by atoms with Crippen molar-refractivity contribution in [1.29, 1.82) is 0 Å². The zero-order valence-electron chi connectivity index (χ0n) is 15.8. The molecule has 2 N–H and O–H groups in total. The second kappa shape index (κ2) is 8.79. The van der Waals surface area contributed by atoms with E-state index in [0.717, 1.165) is 43.6 Å². The minimum absolute atomic E-state index is 0.0702. The first-order valence-electron chi connectivity index (χ1n) is 9.51. The van der Waals surface area contributed by atoms with Gasteiger partial charge in [0.2, 0.25) is 0 Å². The largest absolute Gasteiger partial charge is 0.378 e. The van der Waals surface area contributed by atoms with Crippen LogP contribution in [0.25, 0.3) is 0 Å². The number of hydrogen-bond donors (Lipinski definition) is 2. The Labute approximate surface area is 173 Å². The number of anilines is 3. The fourth-order valence-electron chi connectivity index (χ4n) is 3.52. The van der Waals surface area contributed by atoms with Crippen LogP contribution in [0.15, 0.2) is 30.5 Å². The fourth-order valence-corrected chi connectivity index (χ4v) is 3.67. The summed E-state index contributed by atoms with van der Waals surface area (Å²) in [6.45, 7) is 4.43. The van der Waals surface area contributed by atoms with Crippen LogP contribution in [0.3, 0.4) is 0 Å². The monoisotopic (exact) mass is 420 g/mol. The van der Waals surface area contributed by atoms with Crippen LogP contribution >= 0.6 is 11.6 Å². The van der Waals surface area contributed by atoms with Gasteiger partial charge in [0, 0.05) is 43.3 Å². The number of carbonyl (C=O) groups excluding carboxylic acids is 1. The number of hydrogen-bond acceptors (Lipinski definition) is 6. The van der Waals surface area contributed by atoms with Crippen molar-refractivity contribution in [3.05, 3.63) is 41.3 Å². The molecule has 4 rings (SSSR count). The maximum Gasteiger partial charge on any atom is 0.319 e. The van der Waals surface area contributed by atoms with E-state index in [9.17, 15) is 9.18 Å². The van der Waals surface area contributed by atoms with Gasteiger partial charge < -0.3 is 25.2 Å². The summed E-state index contributed by atoms with van der Waals surface area (Å²) in [5.41, 5.74) is 1.11. The summed E-state index contributed by atoms with van der Waals surface area (Å²) < 4.78 is 19.2. The molecule has 2 aliphatic rings. The molecule has 1 atom stereocenters. The highest BCUT2D eigenvalue weighted by Crippen LogP contribution is 2.23. The number of morpholine rings is 1. The Hall–Kier alpha value is -2.65. The SMILES string of the molecule is O=C(Nc1ccc(Cl)cc1F)NC1CCN(c2cc(N3CCOCC3)cnn2)C1. The minimum Gasteiger partial charge on any atom is -0.378 e. The van der Waals surface area contributed by atoms with E-state index >= 15 is 0 Å². The highest BCUT2D eigenvalue weighted by molar-refractivity contribution is 6.30. The van der Waals surface area contributed by atoms with Crippen LogP contribution in [-0.2, 0) is 4.74 Å². The molecule has 2 fully saturated rings. The lowest BCUT2D eigenvalue weighted by molar-refractivity contribution is 0.122. The number of benzene rings is 1. The smallest absolute Gasteiger partial charge is 0.319 e. The number of amides is 2. The van der Waals surface area contributed by atoms with Crippen LogP contribution in [0.2, 0.25) is 5.02 Å². The lowest BCUT2D eigenvalue weighted by Crippen LogP contribution is -2.40. The van der Waals surface area contributed by atoms with Gasteiger partial charge >= 0.3 is 6.03 Å². The maximum atomic E-state index is 13.8. The third-order valence-electron chi connectivity index (χ3n) is 5.03. The molecule has 10 heteroatoms. The molecule has 29 heavy (non-hydrogen) atoms. The number of aromatic nitrogens is 2. The van der Waals surface area contributed by atoms with E-state index in [1.165, 1.54) is 12.1 Å². The molecule has 1 unspecified atom stereocenters. The van der Waals surface area contributed by atoms with E-state index < -0.39 is 11.8 Å². The second-order valence-electron chi connectivity index (χ2n) is 7.03. The number of nitrogens with zero attached hydrogens (tertiary/aromatic N) is 4. The summed E-state index contributed by atoms with van der Waals surface area (Å²) >= 11 is 5.73. The van der Waals surface area contributed by atoms with Crippen LogP contribution in [0.5, 0.6) is 0 Å². The van der Waals surface area contributed by atoms with Crippen molar-refractivity contribution < 1.29 is 13.9 Å². The minimum atomic E-state index is -0.573. The van der Waals surface area contributed by atoms with Gasteiger partial charge in [-0.25, -0.2) is 9.18 Å². The Morgan fingerprint density at radius 1 is 1.21 bits per heavy atom. The summed E-state index contributed by atoms with van der Waals surface area (Å²) in [7, 11) is 0. The maximum absolute atomic E-state index is 13.8. The van der Waals surface area contributed by atoms with E-state index in [0.29, 0.717) is 19.8 Å². The van der Waals surface area contributed by atoms with Crippen LogP contribution in [0, 0.1) is 5.82 Å². The summed E-state index contributed by atoms with van der Waals surface area (Å²) in [6.07, 6.45) is 2.52. The highest BCUT2D eigenvalue weighted by Gasteiger charge is 2.26. The quantitative estimate of drug-likeness (QED) is 0.790. The molecule has 0 bridgehead atoms. The van der Waals surface area contributed by atoms with Crippen molar-refractivity contribution in [2.75, 3.05) is 54.5 Å². The van der Waals surface area contributed by atoms with Crippen molar-refractivity contribution >= 4 is 34.8 Å². The Bertz CT molecular complexity index is 880. The molecular weight excluding hydrogens is 399 g/mol. The first-order chi connectivity index (χ1) is 14.1. The molecule has 3 heterocycles. The number of halogens is 2. The average molecular weight is 421 g/mol. The predicted molar refractivity (Wildman–Crippen MR) is 109 cm³/mol. The Morgan fingerprint density at radius 2 is 2.03 bits per heavy atom. The normalized spacial score (nSPS) is 19.3. The summed E-state index contributed by atoms with van der Waals surface area (Å²) in [5.74, 6) is 0.207. The fraction of sp³-hybridized carbons (Fsp3) is 0.421. The van der Waals surface area contributed by atoms with Crippen molar-refractivity contribution in [3.63, 3.8) is 0 Å². The molecule has 0 radical (unpaired) electrons. The van der Waals surface area contributed by atoms with Crippen molar-refractivity contribution in [2.24, 2.45) is 0 Å². The lowest BCUT2D eigenvalue weighted by atomic mass is 10.2. The van der Waals surface area contributed by atoms with E-state index in [4.69, 9.17) is 16.3 Å². The molecule has 2 aromatic rings. The van der Waals surface area contributed by atoms with Gasteiger partial charge in [0.15, 0.2) is 5.82 Å². The Morgan fingerprint density at radius 3 is 2.83 bits per heavy atom. The zero-order chi connectivity index (χ0) is 20.2. The molecule has 1 aromatic carbocycles. The third-order valence-corrected chi connectivity index (χ3v) is 5.27. The molecule has 8 nitrogen and oxygen atoms in total. The third kappa shape index (κ3) is 4.86. The zero-order valence-corrected chi connectivity index (χ0v) is 16.5. The van der Waals surface area contributed by atoms with Gasteiger partial charge in [-0.2, -0.15) is 5.10 Å². The van der Waals surface area contributed by atoms with Gasteiger partial charge in [-0.1, -0.05) is 11.6 Å². The highest BCUT2D eigenvalue weighted by atomic mass is 35.5. The standard InChI is InChI=1S/C19H22ClFN6O2/c20-13-1-2-17(16(21)9-13)24-19(28)23-14-3-4-27(12-14)18-10-15(11-22-25-18)26-5-7-29-8-6-26/h1-2,9-11,14H,3-8,12H2,(H2,23,24,28). The summed E-state index contributed by atoms with van der Waals surface area (Å²) in [6, 6.07) is 5.62. The van der Waals surface area contributed by atoms with Crippen LogP contribution in [-0.4, -0.2) is 61.7 Å². The first-order valence-corrected chi connectivity index (χ1v) is 9.89. The molecular formula is C19H22ClFN6O2. The van der Waals surface area contributed by atoms with E-state index in [2.05, 4.69) is 30.6 Å². The van der Waals surface area contributed by atoms with Crippen LogP contribution < -0.4 is 20.4 Å². The molecule has 2 aliphatic heterocycles. The van der Waals surface area contributed by atoms with Crippen molar-refractivity contribution in [2.45, 2.75) is 12.5 Å². The number of carbonyl (C=O) groups is 1. The Balaban J connectivity index is 1.33. The van der Waals surface area contributed by atoms with Crippen molar-refractivity contribution in [1.82, 2.24) is 15.5 Å². The number of ether oxygens (including phenoxy) is 1. The predicted octanol–water partition coefficient (Wildman–Crippen LogP) is 2.51. The molecule has 154 valence electrons. The van der Waals surface area contributed by atoms with Crippen LogP contribution in [0.1, 0.15) is 6.42 Å². The number of nitrogens with one attached hydrogen (secondary N) is 2. The van der Waals surface area contributed by atoms with Gasteiger partial charge in [0.05, 0.1) is 30.8 Å². The summed E-state index contributed by atoms with van der Waals surface area (Å²) in [5, 5.41) is 14.1. The van der Waals surface area contributed by atoms with Gasteiger partial charge in [-0.3, -0.25) is 0 Å². The van der Waals surface area contributed by atoms with E-state index in [1.54, 1.807) is 6.20 Å².